The van der Waals surface area contributed by atoms with E-state index in [9.17, 15) is 27.6 Å². The third-order valence-electron chi connectivity index (χ3n) is 7.08. The topological polar surface area (TPSA) is 203 Å². The molecule has 0 bridgehead atoms. The van der Waals surface area contributed by atoms with E-state index >= 15 is 0 Å². The summed E-state index contributed by atoms with van der Waals surface area (Å²) in [5.41, 5.74) is -0.391. The Labute approximate surface area is 236 Å². The molecule has 0 radical (unpaired) electrons. The number of nitrogens with zero attached hydrogens (tertiary/aromatic N) is 3. The Morgan fingerprint density at radius 1 is 0.976 bits per heavy atom. The van der Waals surface area contributed by atoms with Gasteiger partial charge in [-0.15, -0.1) is 0 Å². The van der Waals surface area contributed by atoms with Crippen LogP contribution in [0.4, 0.5) is 0 Å². The van der Waals surface area contributed by atoms with Gasteiger partial charge in [-0.2, -0.15) is 5.10 Å². The van der Waals surface area contributed by atoms with Crippen LogP contribution in [0.3, 0.4) is 0 Å². The number of amides is 3. The molecule has 3 aliphatic rings. The van der Waals surface area contributed by atoms with Gasteiger partial charge in [0.1, 0.15) is 5.69 Å². The Kier molecular flexibility index (Phi) is 9.73. The smallest absolute Gasteiger partial charge is 0.276 e. The lowest BCUT2D eigenvalue weighted by molar-refractivity contribution is -0.127. The van der Waals surface area contributed by atoms with E-state index < -0.39 is 33.6 Å². The van der Waals surface area contributed by atoms with Crippen molar-refractivity contribution in [1.29, 1.82) is 0 Å². The molecule has 1 atom stereocenters. The summed E-state index contributed by atoms with van der Waals surface area (Å²) >= 11 is 0. The average Bonchev–Trinajstić information content (AvgIpc) is 3.73. The third kappa shape index (κ3) is 6.92. The lowest BCUT2D eigenvalue weighted by atomic mass is 10.1. The molecule has 1 saturated heterocycles. The Morgan fingerprint density at radius 2 is 1.66 bits per heavy atom. The molecular weight excluding hydrogens is 556 g/mol. The van der Waals surface area contributed by atoms with Gasteiger partial charge in [-0.25, -0.2) is 18.1 Å². The summed E-state index contributed by atoms with van der Waals surface area (Å²) in [6.07, 6.45) is 11.1. The Hall–Kier alpha value is -3.82. The number of aliphatic hydroxyl groups excluding tert-OH is 2. The first-order valence-corrected chi connectivity index (χ1v) is 15.3. The van der Waals surface area contributed by atoms with Gasteiger partial charge in [0.05, 0.1) is 47.9 Å². The first-order chi connectivity index (χ1) is 19.7. The fourth-order valence-electron chi connectivity index (χ4n) is 5.06. The van der Waals surface area contributed by atoms with Crippen LogP contribution < -0.4 is 16.2 Å². The summed E-state index contributed by atoms with van der Waals surface area (Å²) in [4.78, 5) is 51.5. The second-order valence-corrected chi connectivity index (χ2v) is 12.2. The van der Waals surface area contributed by atoms with Gasteiger partial charge in [0.2, 0.25) is 0 Å². The van der Waals surface area contributed by atoms with Crippen molar-refractivity contribution in [2.24, 2.45) is 5.10 Å². The lowest BCUT2D eigenvalue weighted by Gasteiger charge is -2.17. The Balaban J connectivity index is 1.57. The van der Waals surface area contributed by atoms with Gasteiger partial charge in [-0.05, 0) is 31.4 Å². The second-order valence-electron chi connectivity index (χ2n) is 9.95. The van der Waals surface area contributed by atoms with Gasteiger partial charge in [-0.3, -0.25) is 24.3 Å². The number of aromatic nitrogens is 2. The molecule has 3 heterocycles. The zero-order valence-corrected chi connectivity index (χ0v) is 23.2. The summed E-state index contributed by atoms with van der Waals surface area (Å²) in [6.45, 7) is -0.598. The Morgan fingerprint density at radius 3 is 2.29 bits per heavy atom. The molecule has 1 unspecified atom stereocenters. The van der Waals surface area contributed by atoms with Gasteiger partial charge >= 0.3 is 0 Å². The normalized spacial score (nSPS) is 22.0. The third-order valence-corrected chi connectivity index (χ3v) is 8.83. The van der Waals surface area contributed by atoms with Crippen LogP contribution >= 0.6 is 0 Å². The number of hydrogen-bond donors (Lipinski definition) is 5. The molecule has 2 fully saturated rings. The van der Waals surface area contributed by atoms with Crippen molar-refractivity contribution in [3.63, 3.8) is 0 Å². The van der Waals surface area contributed by atoms with E-state index in [2.05, 4.69) is 20.8 Å². The monoisotopic (exact) mass is 590 g/mol. The summed E-state index contributed by atoms with van der Waals surface area (Å²) in [5, 5.41) is 31.1. The fourth-order valence-corrected chi connectivity index (χ4v) is 6.75. The lowest BCUT2D eigenvalue weighted by Crippen LogP contribution is -2.35. The number of aliphatic hydroxyl groups is 2. The number of H-pyrrole nitrogens is 1. The number of carbonyl (C=O) groups excluding carboxylic acids is 3. The number of aromatic amines is 1. The molecule has 15 heteroatoms. The minimum Gasteiger partial charge on any atom is -0.395 e. The molecule has 1 aliphatic carbocycles. The van der Waals surface area contributed by atoms with Crippen LogP contribution in [-0.4, -0.2) is 101 Å². The van der Waals surface area contributed by atoms with Crippen LogP contribution in [0, 0.1) is 0 Å². The standard InChI is InChI=1S/C26H34N6O8S/c33-13-11-27-23(35)21-19(25(37)31(29-21)17-6-4-5-7-17)8-2-1-3-9-20-22(24(36)28-12-14-34)30-32(26(20)38)18-10-15-41(39,40)16-18/h1-3,8-9,17-18,29,33-34H,4-7,10-16H2,(H,27,35)(H,28,36). The van der Waals surface area contributed by atoms with Crippen molar-refractivity contribution in [2.75, 3.05) is 37.8 Å². The number of hydrogen-bond acceptors (Lipinski definition) is 9. The molecular formula is C26H34N6O8S. The molecule has 4 rings (SSSR count). The predicted octanol–water partition coefficient (Wildman–Crippen LogP) is -0.997. The summed E-state index contributed by atoms with van der Waals surface area (Å²) in [7, 11) is -3.31. The number of hydrazone groups is 1. The van der Waals surface area contributed by atoms with E-state index in [4.69, 9.17) is 10.2 Å². The SMILES string of the molecule is O=C(NCCO)C1=NN(C2CCS(=O)(=O)C2)C(=O)C1=CC=CC=Cc1c(C(=O)NCCO)[nH]n(C2CCCC2)c1=O. The maximum absolute atomic E-state index is 13.1. The van der Waals surface area contributed by atoms with E-state index in [-0.39, 0.29) is 78.4 Å². The van der Waals surface area contributed by atoms with Crippen LogP contribution in [0.5, 0.6) is 0 Å². The van der Waals surface area contributed by atoms with Gasteiger partial charge in [0.25, 0.3) is 23.3 Å². The largest absolute Gasteiger partial charge is 0.395 e. The summed E-state index contributed by atoms with van der Waals surface area (Å²) < 4.78 is 25.3. The molecule has 1 aromatic rings. The van der Waals surface area contributed by atoms with Crippen LogP contribution in [-0.2, 0) is 19.4 Å². The maximum atomic E-state index is 13.1. The van der Waals surface area contributed by atoms with Gasteiger partial charge in [0, 0.05) is 13.1 Å². The molecule has 0 aromatic carbocycles. The van der Waals surface area contributed by atoms with Crippen LogP contribution in [0.15, 0.2) is 39.8 Å². The van der Waals surface area contributed by atoms with E-state index in [0.717, 1.165) is 30.7 Å². The summed E-state index contributed by atoms with van der Waals surface area (Å²) in [5.74, 6) is -2.16. The van der Waals surface area contributed by atoms with E-state index in [1.54, 1.807) is 0 Å². The van der Waals surface area contributed by atoms with Crippen molar-refractivity contribution in [1.82, 2.24) is 25.4 Å². The highest BCUT2D eigenvalue weighted by Crippen LogP contribution is 2.28. The predicted molar refractivity (Wildman–Crippen MR) is 150 cm³/mol. The fraction of sp³-hybridized carbons (Fsp3) is 0.500. The molecule has 3 amide bonds. The number of allylic oxidation sites excluding steroid dienone is 4. The second kappa shape index (κ2) is 13.2. The van der Waals surface area contributed by atoms with E-state index in [1.807, 2.05) is 0 Å². The molecule has 1 aromatic heterocycles. The van der Waals surface area contributed by atoms with Crippen LogP contribution in [0.25, 0.3) is 6.08 Å². The Bertz CT molecular complexity index is 1460. The minimum absolute atomic E-state index is 0.0275. The molecule has 14 nitrogen and oxygen atoms in total. The summed E-state index contributed by atoms with van der Waals surface area (Å²) in [6, 6.07) is -0.718. The molecule has 5 N–H and O–H groups in total. The molecule has 222 valence electrons. The highest BCUT2D eigenvalue weighted by atomic mass is 32.2. The number of carbonyl (C=O) groups is 3. The highest BCUT2D eigenvalue weighted by molar-refractivity contribution is 7.91. The van der Waals surface area contributed by atoms with Gasteiger partial charge in [-0.1, -0.05) is 31.1 Å². The zero-order valence-electron chi connectivity index (χ0n) is 22.4. The van der Waals surface area contributed by atoms with Crippen molar-refractivity contribution in [3.05, 3.63) is 51.5 Å². The van der Waals surface area contributed by atoms with Gasteiger partial charge < -0.3 is 20.8 Å². The number of sulfone groups is 1. The van der Waals surface area contributed by atoms with Crippen molar-refractivity contribution in [3.8, 4) is 0 Å². The first-order valence-electron chi connectivity index (χ1n) is 13.5. The average molecular weight is 591 g/mol. The minimum atomic E-state index is -3.31. The van der Waals surface area contributed by atoms with E-state index in [0.29, 0.717) is 0 Å². The quantitative estimate of drug-likeness (QED) is 0.159. The van der Waals surface area contributed by atoms with Crippen molar-refractivity contribution in [2.45, 2.75) is 44.2 Å². The van der Waals surface area contributed by atoms with Crippen molar-refractivity contribution >= 4 is 39.3 Å². The molecule has 1 saturated carbocycles. The molecule has 0 spiro atoms. The van der Waals surface area contributed by atoms with Crippen LogP contribution in [0.2, 0.25) is 0 Å². The number of nitrogens with one attached hydrogen (secondary N) is 3. The highest BCUT2D eigenvalue weighted by Gasteiger charge is 2.41. The first kappa shape index (κ1) is 30.1. The van der Waals surface area contributed by atoms with E-state index in [1.165, 1.54) is 35.1 Å². The zero-order chi connectivity index (χ0) is 29.6. The molecule has 41 heavy (non-hydrogen) atoms. The van der Waals surface area contributed by atoms with Gasteiger partial charge in [0.15, 0.2) is 15.5 Å². The maximum Gasteiger partial charge on any atom is 0.276 e. The number of rotatable bonds is 11. The van der Waals surface area contributed by atoms with Crippen LogP contribution in [0.1, 0.15) is 54.2 Å². The van der Waals surface area contributed by atoms with Crippen molar-refractivity contribution < 1.29 is 33.0 Å². The molecule has 2 aliphatic heterocycles.